The van der Waals surface area contributed by atoms with Crippen molar-refractivity contribution in [3.05, 3.63) is 60.3 Å². The third kappa shape index (κ3) is 3.37. The van der Waals surface area contributed by atoms with E-state index in [-0.39, 0.29) is 0 Å². The Labute approximate surface area is 99.8 Å². The SMILES string of the molecule is C=C/C1=C(\C=C)C(C)C/C=C/C=C(\C)CC1. The molecule has 0 heteroatoms. The van der Waals surface area contributed by atoms with Gasteiger partial charge >= 0.3 is 0 Å². The predicted octanol–water partition coefficient (Wildman–Crippen LogP) is 4.98. The second kappa shape index (κ2) is 6.32. The van der Waals surface area contributed by atoms with E-state index in [0.29, 0.717) is 5.92 Å². The number of allylic oxidation sites excluding steroid dienone is 8. The van der Waals surface area contributed by atoms with Crippen LogP contribution in [0.4, 0.5) is 0 Å². The van der Waals surface area contributed by atoms with Crippen LogP contribution in [0.15, 0.2) is 60.3 Å². The minimum Gasteiger partial charge on any atom is -0.0988 e. The van der Waals surface area contributed by atoms with Crippen molar-refractivity contribution in [1.29, 1.82) is 0 Å². The molecule has 1 aliphatic carbocycles. The minimum atomic E-state index is 0.536. The second-order valence-electron chi connectivity index (χ2n) is 4.47. The standard InChI is InChI=1S/C16H22/c1-5-15-12-11-13(3)9-7-8-10-14(4)16(15)6-2/h5-9,14H,1-2,10-12H2,3-4H3/b8-7+,13-9+,16-15-. The molecule has 16 heavy (non-hydrogen) atoms. The van der Waals surface area contributed by atoms with Gasteiger partial charge in [-0.3, -0.25) is 0 Å². The molecule has 1 atom stereocenters. The molecule has 0 heterocycles. The first-order chi connectivity index (χ1) is 7.69. The summed E-state index contributed by atoms with van der Waals surface area (Å²) in [7, 11) is 0. The van der Waals surface area contributed by atoms with Crippen molar-refractivity contribution in [3.8, 4) is 0 Å². The fourth-order valence-corrected chi connectivity index (χ4v) is 2.07. The van der Waals surface area contributed by atoms with E-state index < -0.39 is 0 Å². The van der Waals surface area contributed by atoms with E-state index in [4.69, 9.17) is 0 Å². The van der Waals surface area contributed by atoms with E-state index in [9.17, 15) is 0 Å². The first-order valence-electron chi connectivity index (χ1n) is 5.99. The van der Waals surface area contributed by atoms with Gasteiger partial charge in [0.05, 0.1) is 0 Å². The van der Waals surface area contributed by atoms with E-state index in [2.05, 4.69) is 45.2 Å². The van der Waals surface area contributed by atoms with Crippen molar-refractivity contribution in [1.82, 2.24) is 0 Å². The maximum atomic E-state index is 3.93. The summed E-state index contributed by atoms with van der Waals surface area (Å²) in [4.78, 5) is 0. The number of hydrogen-bond donors (Lipinski definition) is 0. The molecule has 0 N–H and O–H groups in total. The highest BCUT2D eigenvalue weighted by molar-refractivity contribution is 5.34. The molecule has 0 aromatic carbocycles. The van der Waals surface area contributed by atoms with Crippen molar-refractivity contribution in [3.63, 3.8) is 0 Å². The van der Waals surface area contributed by atoms with Gasteiger partial charge in [0.25, 0.3) is 0 Å². The number of hydrogen-bond acceptors (Lipinski definition) is 0. The fourth-order valence-electron chi connectivity index (χ4n) is 2.07. The van der Waals surface area contributed by atoms with Gasteiger partial charge in [0.1, 0.15) is 0 Å². The summed E-state index contributed by atoms with van der Waals surface area (Å²) in [5.41, 5.74) is 4.13. The summed E-state index contributed by atoms with van der Waals surface area (Å²) in [6.07, 6.45) is 13.9. The highest BCUT2D eigenvalue weighted by atomic mass is 14.1. The molecule has 0 saturated carbocycles. The molecule has 1 unspecified atom stereocenters. The molecule has 1 rings (SSSR count). The summed E-state index contributed by atoms with van der Waals surface area (Å²) in [6, 6.07) is 0. The van der Waals surface area contributed by atoms with Gasteiger partial charge in [-0.2, -0.15) is 0 Å². The minimum absolute atomic E-state index is 0.536. The van der Waals surface area contributed by atoms with Crippen molar-refractivity contribution >= 4 is 0 Å². The molecule has 0 aromatic rings. The second-order valence-corrected chi connectivity index (χ2v) is 4.47. The Morgan fingerprint density at radius 2 is 2.00 bits per heavy atom. The molecule has 0 fully saturated rings. The summed E-state index contributed by atoms with van der Waals surface area (Å²) in [5, 5.41) is 0. The zero-order valence-corrected chi connectivity index (χ0v) is 10.5. The maximum Gasteiger partial charge on any atom is -0.0153 e. The van der Waals surface area contributed by atoms with Crippen LogP contribution in [0.2, 0.25) is 0 Å². The van der Waals surface area contributed by atoms with Crippen LogP contribution in [0.5, 0.6) is 0 Å². The molecular formula is C16H22. The lowest BCUT2D eigenvalue weighted by atomic mass is 9.89. The van der Waals surface area contributed by atoms with Crippen LogP contribution in [0.25, 0.3) is 0 Å². The third-order valence-electron chi connectivity index (χ3n) is 3.16. The molecule has 1 aliphatic rings. The van der Waals surface area contributed by atoms with Crippen LogP contribution in [-0.4, -0.2) is 0 Å². The number of rotatable bonds is 2. The Balaban J connectivity index is 3.05. The van der Waals surface area contributed by atoms with E-state index >= 15 is 0 Å². The van der Waals surface area contributed by atoms with Crippen molar-refractivity contribution in [2.24, 2.45) is 5.92 Å². The molecule has 0 spiro atoms. The van der Waals surface area contributed by atoms with Crippen molar-refractivity contribution in [2.75, 3.05) is 0 Å². The van der Waals surface area contributed by atoms with Gasteiger partial charge in [-0.1, -0.05) is 56.0 Å². The topological polar surface area (TPSA) is 0 Å². The lowest BCUT2D eigenvalue weighted by Gasteiger charge is -2.16. The first-order valence-corrected chi connectivity index (χ1v) is 5.99. The molecule has 0 aliphatic heterocycles. The molecular weight excluding hydrogens is 192 g/mol. The molecule has 0 amide bonds. The average molecular weight is 214 g/mol. The van der Waals surface area contributed by atoms with E-state index in [1.165, 1.54) is 16.7 Å². The zero-order valence-electron chi connectivity index (χ0n) is 10.5. The Bertz CT molecular complexity index is 350. The Kier molecular flexibility index (Phi) is 5.04. The Morgan fingerprint density at radius 3 is 2.62 bits per heavy atom. The van der Waals surface area contributed by atoms with E-state index in [1.807, 2.05) is 12.2 Å². The van der Waals surface area contributed by atoms with Gasteiger partial charge in [0.15, 0.2) is 0 Å². The van der Waals surface area contributed by atoms with Crippen LogP contribution in [0.1, 0.15) is 33.1 Å². The molecule has 0 saturated heterocycles. The fraction of sp³-hybridized carbons (Fsp3) is 0.375. The lowest BCUT2D eigenvalue weighted by Crippen LogP contribution is -2.00. The quantitative estimate of drug-likeness (QED) is 0.608. The summed E-state index contributed by atoms with van der Waals surface area (Å²) >= 11 is 0. The third-order valence-corrected chi connectivity index (χ3v) is 3.16. The van der Waals surface area contributed by atoms with E-state index in [1.54, 1.807) is 0 Å². The van der Waals surface area contributed by atoms with Gasteiger partial charge in [0.2, 0.25) is 0 Å². The van der Waals surface area contributed by atoms with Gasteiger partial charge in [0, 0.05) is 0 Å². The Hall–Kier alpha value is -1.30. The van der Waals surface area contributed by atoms with Gasteiger partial charge in [-0.05, 0) is 43.3 Å². The van der Waals surface area contributed by atoms with Gasteiger partial charge in [-0.15, -0.1) is 0 Å². The van der Waals surface area contributed by atoms with Crippen molar-refractivity contribution in [2.45, 2.75) is 33.1 Å². The van der Waals surface area contributed by atoms with Crippen LogP contribution in [-0.2, 0) is 0 Å². The van der Waals surface area contributed by atoms with Gasteiger partial charge in [-0.25, -0.2) is 0 Å². The predicted molar refractivity (Wildman–Crippen MR) is 73.3 cm³/mol. The molecule has 0 bridgehead atoms. The Morgan fingerprint density at radius 1 is 1.25 bits per heavy atom. The van der Waals surface area contributed by atoms with Crippen LogP contribution >= 0.6 is 0 Å². The van der Waals surface area contributed by atoms with Gasteiger partial charge < -0.3 is 0 Å². The van der Waals surface area contributed by atoms with Crippen LogP contribution < -0.4 is 0 Å². The highest BCUT2D eigenvalue weighted by Crippen LogP contribution is 2.26. The smallest absolute Gasteiger partial charge is 0.0153 e. The molecule has 86 valence electrons. The van der Waals surface area contributed by atoms with Crippen LogP contribution in [0.3, 0.4) is 0 Å². The van der Waals surface area contributed by atoms with Crippen molar-refractivity contribution < 1.29 is 0 Å². The van der Waals surface area contributed by atoms with E-state index in [0.717, 1.165) is 19.3 Å². The summed E-state index contributed by atoms with van der Waals surface area (Å²) < 4.78 is 0. The largest absolute Gasteiger partial charge is 0.0988 e. The monoisotopic (exact) mass is 214 g/mol. The normalized spacial score (nSPS) is 32.4. The molecule has 0 aromatic heterocycles. The maximum absolute atomic E-state index is 3.93. The van der Waals surface area contributed by atoms with Crippen LogP contribution in [0, 0.1) is 5.92 Å². The molecule has 0 radical (unpaired) electrons. The molecule has 0 nitrogen and oxygen atoms in total. The zero-order chi connectivity index (χ0) is 12.0. The summed E-state index contributed by atoms with van der Waals surface area (Å²) in [5.74, 6) is 0.536. The summed E-state index contributed by atoms with van der Waals surface area (Å²) in [6.45, 7) is 12.3. The lowest BCUT2D eigenvalue weighted by molar-refractivity contribution is 0.698. The average Bonchev–Trinajstić information content (AvgIpc) is 2.29. The first kappa shape index (κ1) is 12.8. The highest BCUT2D eigenvalue weighted by Gasteiger charge is 2.09.